The van der Waals surface area contributed by atoms with Crippen LogP contribution in [0.1, 0.15) is 22.9 Å². The van der Waals surface area contributed by atoms with Gasteiger partial charge in [-0.05, 0) is 24.1 Å². The van der Waals surface area contributed by atoms with Crippen LogP contribution in [0.4, 0.5) is 0 Å². The first-order valence-electron chi connectivity index (χ1n) is 5.38. The molecule has 78 valence electrons. The van der Waals surface area contributed by atoms with Crippen molar-refractivity contribution in [1.82, 2.24) is 9.78 Å². The minimum absolute atomic E-state index is 0.114. The molecule has 1 aliphatic carbocycles. The lowest BCUT2D eigenvalue weighted by molar-refractivity contribution is 0.597. The predicted octanol–water partition coefficient (Wildman–Crippen LogP) is 2.89. The minimum Gasteiger partial charge on any atom is -0.265 e. The van der Waals surface area contributed by atoms with Crippen LogP contribution in [-0.2, 0) is 0 Å². The number of fused-ring (bicyclic) bond motifs is 1. The molecule has 1 aromatic carbocycles. The lowest BCUT2D eigenvalue weighted by atomic mass is 9.94. The van der Waals surface area contributed by atoms with Crippen LogP contribution in [-0.4, -0.2) is 9.78 Å². The Morgan fingerprint density at radius 1 is 1.25 bits per heavy atom. The fourth-order valence-electron chi connectivity index (χ4n) is 1.92. The molecular formula is C14H12N2. The highest BCUT2D eigenvalue weighted by molar-refractivity contribution is 5.60. The molecule has 1 atom stereocenters. The summed E-state index contributed by atoms with van der Waals surface area (Å²) in [6, 6.07) is 10.4. The Morgan fingerprint density at radius 2 is 2.12 bits per heavy atom. The van der Waals surface area contributed by atoms with Crippen molar-refractivity contribution in [2.24, 2.45) is 0 Å². The highest BCUT2D eigenvalue weighted by Crippen LogP contribution is 2.27. The maximum Gasteiger partial charge on any atom is 0.0819 e. The van der Waals surface area contributed by atoms with Crippen LogP contribution in [0.3, 0.4) is 0 Å². The minimum atomic E-state index is 0.114. The van der Waals surface area contributed by atoms with E-state index in [1.54, 1.807) is 0 Å². The zero-order valence-electron chi connectivity index (χ0n) is 9.09. The average Bonchev–Trinajstić information content (AvgIpc) is 2.75. The molecule has 0 spiro atoms. The van der Waals surface area contributed by atoms with Crippen molar-refractivity contribution < 1.29 is 0 Å². The first kappa shape index (κ1) is 9.40. The van der Waals surface area contributed by atoms with Gasteiger partial charge in [0.05, 0.1) is 11.7 Å². The molecular weight excluding hydrogens is 196 g/mol. The molecule has 3 rings (SSSR count). The summed E-state index contributed by atoms with van der Waals surface area (Å²) in [4.78, 5) is 0. The molecule has 2 radical (unpaired) electrons. The Hall–Kier alpha value is -1.83. The predicted molar refractivity (Wildman–Crippen MR) is 63.8 cm³/mol. The van der Waals surface area contributed by atoms with E-state index in [0.29, 0.717) is 0 Å². The molecule has 1 aliphatic rings. The van der Waals surface area contributed by atoms with Gasteiger partial charge in [0.1, 0.15) is 0 Å². The summed E-state index contributed by atoms with van der Waals surface area (Å²) in [7, 11) is 0. The van der Waals surface area contributed by atoms with Gasteiger partial charge in [0.2, 0.25) is 0 Å². The van der Waals surface area contributed by atoms with Gasteiger partial charge in [-0.15, -0.1) is 0 Å². The third-order valence-electron chi connectivity index (χ3n) is 2.75. The molecule has 2 heteroatoms. The molecule has 0 aliphatic heterocycles. The van der Waals surface area contributed by atoms with Gasteiger partial charge in [-0.1, -0.05) is 36.4 Å². The second-order valence-corrected chi connectivity index (χ2v) is 3.97. The van der Waals surface area contributed by atoms with E-state index in [-0.39, 0.29) is 6.04 Å². The lowest BCUT2D eigenvalue weighted by Crippen LogP contribution is -2.11. The largest absolute Gasteiger partial charge is 0.265 e. The summed E-state index contributed by atoms with van der Waals surface area (Å²) in [5, 5.41) is 4.41. The summed E-state index contributed by atoms with van der Waals surface area (Å²) < 4.78 is 1.93. The highest BCUT2D eigenvalue weighted by Gasteiger charge is 2.16. The summed E-state index contributed by atoms with van der Waals surface area (Å²) in [5.74, 6) is 0. The Morgan fingerprint density at radius 3 is 2.94 bits per heavy atom. The number of nitrogens with zero attached hydrogens (tertiary/aromatic N) is 2. The van der Waals surface area contributed by atoms with Crippen LogP contribution in [0, 0.1) is 13.3 Å². The van der Waals surface area contributed by atoms with E-state index in [4.69, 9.17) is 0 Å². The summed E-state index contributed by atoms with van der Waals surface area (Å²) >= 11 is 0. The van der Waals surface area contributed by atoms with E-state index in [2.05, 4.69) is 35.8 Å². The Kier molecular flexibility index (Phi) is 2.13. The van der Waals surface area contributed by atoms with Gasteiger partial charge in [0.15, 0.2) is 0 Å². The molecule has 0 bridgehead atoms. The number of hydrogen-bond donors (Lipinski definition) is 0. The number of aryl methyl sites for hydroxylation is 1. The van der Waals surface area contributed by atoms with Crippen LogP contribution in [0.5, 0.6) is 0 Å². The van der Waals surface area contributed by atoms with Crippen LogP contribution in [0.2, 0.25) is 0 Å². The maximum atomic E-state index is 4.41. The molecule has 1 heterocycles. The van der Waals surface area contributed by atoms with Crippen LogP contribution in [0.15, 0.2) is 42.6 Å². The third kappa shape index (κ3) is 1.56. The molecule has 16 heavy (non-hydrogen) atoms. The molecule has 2 nitrogen and oxygen atoms in total. The first-order valence-corrected chi connectivity index (χ1v) is 5.38. The van der Waals surface area contributed by atoms with Crippen molar-refractivity contribution in [2.45, 2.75) is 13.0 Å². The second kappa shape index (κ2) is 3.63. The van der Waals surface area contributed by atoms with Crippen molar-refractivity contribution in [3.8, 4) is 0 Å². The Labute approximate surface area is 95.2 Å². The van der Waals surface area contributed by atoms with Crippen molar-refractivity contribution in [2.75, 3.05) is 0 Å². The fourth-order valence-corrected chi connectivity index (χ4v) is 1.92. The van der Waals surface area contributed by atoms with Gasteiger partial charge < -0.3 is 0 Å². The van der Waals surface area contributed by atoms with E-state index in [0.717, 1.165) is 11.3 Å². The normalized spacial score (nSPS) is 18.4. The Bertz CT molecular complexity index is 537. The number of aromatic nitrogens is 2. The van der Waals surface area contributed by atoms with Crippen molar-refractivity contribution >= 4 is 6.08 Å². The van der Waals surface area contributed by atoms with Gasteiger partial charge in [-0.3, -0.25) is 4.68 Å². The van der Waals surface area contributed by atoms with E-state index >= 15 is 0 Å². The molecule has 1 aromatic heterocycles. The van der Waals surface area contributed by atoms with Crippen LogP contribution in [0.25, 0.3) is 6.08 Å². The van der Waals surface area contributed by atoms with Gasteiger partial charge in [0, 0.05) is 12.6 Å². The molecule has 0 saturated heterocycles. The smallest absolute Gasteiger partial charge is 0.0819 e. The standard InChI is InChI=1S/C14H12N2/c1-11-8-9-16(15-11)14-7-6-12-4-2-3-5-13(12)10-14/h2-9,14H,1H3. The topological polar surface area (TPSA) is 17.8 Å². The number of hydrogen-bond acceptors (Lipinski definition) is 1. The van der Waals surface area contributed by atoms with E-state index < -0.39 is 0 Å². The van der Waals surface area contributed by atoms with Gasteiger partial charge in [-0.25, -0.2) is 0 Å². The summed E-state index contributed by atoms with van der Waals surface area (Å²) in [5.41, 5.74) is 3.42. The lowest BCUT2D eigenvalue weighted by Gasteiger charge is -2.18. The molecule has 0 N–H and O–H groups in total. The zero-order valence-corrected chi connectivity index (χ0v) is 9.09. The Balaban J connectivity index is 1.94. The quantitative estimate of drug-likeness (QED) is 0.704. The van der Waals surface area contributed by atoms with E-state index in [9.17, 15) is 0 Å². The molecule has 0 amide bonds. The number of allylic oxidation sites excluding steroid dienone is 1. The van der Waals surface area contributed by atoms with Gasteiger partial charge >= 0.3 is 0 Å². The SMILES string of the molecule is Cc1ccn(C2[C]c3ccccc3C=C2)n1. The third-order valence-corrected chi connectivity index (χ3v) is 2.75. The summed E-state index contributed by atoms with van der Waals surface area (Å²) in [6.45, 7) is 2.00. The molecule has 2 aromatic rings. The summed E-state index contributed by atoms with van der Waals surface area (Å²) in [6.07, 6.45) is 9.68. The zero-order chi connectivity index (χ0) is 11.0. The van der Waals surface area contributed by atoms with Crippen molar-refractivity contribution in [3.63, 3.8) is 0 Å². The van der Waals surface area contributed by atoms with Gasteiger partial charge in [-0.2, -0.15) is 5.10 Å². The number of rotatable bonds is 1. The second-order valence-electron chi connectivity index (χ2n) is 3.97. The molecule has 0 fully saturated rings. The first-order chi connectivity index (χ1) is 7.83. The van der Waals surface area contributed by atoms with Gasteiger partial charge in [0.25, 0.3) is 0 Å². The van der Waals surface area contributed by atoms with E-state index in [1.807, 2.05) is 36.0 Å². The average molecular weight is 208 g/mol. The fraction of sp³-hybridized carbons (Fsp3) is 0.143. The molecule has 1 unspecified atom stereocenters. The maximum absolute atomic E-state index is 4.41. The van der Waals surface area contributed by atoms with Crippen molar-refractivity contribution in [1.29, 1.82) is 0 Å². The number of benzene rings is 1. The molecule has 0 saturated carbocycles. The monoisotopic (exact) mass is 208 g/mol. The van der Waals surface area contributed by atoms with Crippen LogP contribution >= 0.6 is 0 Å². The van der Waals surface area contributed by atoms with Crippen LogP contribution < -0.4 is 0 Å². The highest BCUT2D eigenvalue weighted by atomic mass is 15.3. The van der Waals surface area contributed by atoms with E-state index in [1.165, 1.54) is 5.56 Å². The van der Waals surface area contributed by atoms with Crippen molar-refractivity contribution in [3.05, 3.63) is 65.8 Å².